The molecule has 1 unspecified atom stereocenters. The van der Waals surface area contributed by atoms with Crippen LogP contribution in [0.5, 0.6) is 5.75 Å². The van der Waals surface area contributed by atoms with Gasteiger partial charge in [-0.3, -0.25) is 4.31 Å². The molecule has 1 aromatic heterocycles. The normalized spacial score (nSPS) is 15.2. The first-order valence-electron chi connectivity index (χ1n) is 11.9. The monoisotopic (exact) mass is 573 g/mol. The molecule has 9 nitrogen and oxygen atoms in total. The third-order valence-electron chi connectivity index (χ3n) is 6.46. The zero-order valence-corrected chi connectivity index (χ0v) is 21.7. The number of nitrogens with two attached hydrogens (primary N) is 1. The molecule has 0 bridgehead atoms. The number of halogens is 3. The van der Waals surface area contributed by atoms with Crippen LogP contribution in [0.25, 0.3) is 11.5 Å². The number of alkyl halides is 3. The number of fused-ring (bicyclic) bond motifs is 1. The fourth-order valence-electron chi connectivity index (χ4n) is 4.41. The molecule has 0 saturated carbocycles. The van der Waals surface area contributed by atoms with Gasteiger partial charge in [0.05, 0.1) is 21.8 Å². The molecular weight excluding hydrogens is 551 g/mol. The topological polar surface area (TPSA) is 136 Å². The van der Waals surface area contributed by atoms with Crippen LogP contribution in [-0.2, 0) is 34.0 Å². The van der Waals surface area contributed by atoms with Crippen LogP contribution >= 0.6 is 0 Å². The molecule has 1 aliphatic rings. The summed E-state index contributed by atoms with van der Waals surface area (Å²) in [6.07, 6.45) is -4.43. The summed E-state index contributed by atoms with van der Waals surface area (Å²) in [4.78, 5) is 16.0. The number of oxazole rings is 1. The van der Waals surface area contributed by atoms with Crippen molar-refractivity contribution in [1.82, 2.24) is 4.98 Å². The van der Waals surface area contributed by atoms with Crippen molar-refractivity contribution in [3.63, 3.8) is 0 Å². The highest BCUT2D eigenvalue weighted by molar-refractivity contribution is 7.93. The first kappa shape index (κ1) is 27.1. The van der Waals surface area contributed by atoms with Crippen molar-refractivity contribution in [1.29, 1.82) is 0 Å². The number of para-hydroxylation sites is 1. The summed E-state index contributed by atoms with van der Waals surface area (Å²) in [6.45, 7) is 1.50. The summed E-state index contributed by atoms with van der Waals surface area (Å²) in [7, 11) is -4.28. The van der Waals surface area contributed by atoms with Crippen molar-refractivity contribution >= 4 is 27.4 Å². The van der Waals surface area contributed by atoms with Crippen LogP contribution in [0.1, 0.15) is 22.6 Å². The minimum absolute atomic E-state index is 0.00968. The molecule has 208 valence electrons. The predicted octanol–water partition coefficient (Wildman–Crippen LogP) is 5.03. The molecule has 5 rings (SSSR count). The van der Waals surface area contributed by atoms with Gasteiger partial charge < -0.3 is 20.0 Å². The second kappa shape index (κ2) is 9.90. The average Bonchev–Trinajstić information content (AvgIpc) is 3.48. The molecule has 4 aromatic rings. The fraction of sp³-hybridized carbons (Fsp3) is 0.185. The third-order valence-corrected chi connectivity index (χ3v) is 8.28. The SMILES string of the molecule is Cc1oc(-c2ccc(C(F)(F)F)cc2)nc1COc1ccc(S(=O)(=O)N2c3ccccc3CC2C(=O)O)cc1N. The maximum absolute atomic E-state index is 13.5. The average molecular weight is 574 g/mol. The maximum atomic E-state index is 13.5. The number of ether oxygens (including phenoxy) is 1. The zero-order valence-electron chi connectivity index (χ0n) is 20.8. The summed E-state index contributed by atoms with van der Waals surface area (Å²) >= 11 is 0. The number of hydrogen-bond acceptors (Lipinski definition) is 7. The van der Waals surface area contributed by atoms with Gasteiger partial charge in [0.1, 0.15) is 29.9 Å². The van der Waals surface area contributed by atoms with E-state index in [9.17, 15) is 31.5 Å². The molecule has 0 radical (unpaired) electrons. The van der Waals surface area contributed by atoms with Crippen LogP contribution in [0.3, 0.4) is 0 Å². The minimum atomic E-state index is -4.46. The second-order valence-electron chi connectivity index (χ2n) is 9.07. The van der Waals surface area contributed by atoms with Gasteiger partial charge in [-0.05, 0) is 61.0 Å². The number of carboxylic acid groups (broad SMARTS) is 1. The highest BCUT2D eigenvalue weighted by Gasteiger charge is 2.42. The van der Waals surface area contributed by atoms with Crippen molar-refractivity contribution in [3.05, 3.63) is 89.3 Å². The Labute approximate surface area is 226 Å². The number of nitrogen functional groups attached to an aromatic ring is 1. The van der Waals surface area contributed by atoms with Crippen molar-refractivity contribution in [2.75, 3.05) is 10.0 Å². The molecule has 3 aromatic carbocycles. The summed E-state index contributed by atoms with van der Waals surface area (Å²) < 4.78 is 77.7. The Morgan fingerprint density at radius 2 is 1.85 bits per heavy atom. The van der Waals surface area contributed by atoms with E-state index in [-0.39, 0.29) is 35.3 Å². The van der Waals surface area contributed by atoms with E-state index in [0.717, 1.165) is 16.4 Å². The Balaban J connectivity index is 1.34. The molecule has 40 heavy (non-hydrogen) atoms. The number of anilines is 2. The van der Waals surface area contributed by atoms with Gasteiger partial charge in [0.15, 0.2) is 0 Å². The maximum Gasteiger partial charge on any atom is 0.416 e. The lowest BCUT2D eigenvalue weighted by atomic mass is 10.1. The van der Waals surface area contributed by atoms with Gasteiger partial charge in [-0.2, -0.15) is 13.2 Å². The van der Waals surface area contributed by atoms with Crippen LogP contribution in [0.15, 0.2) is 76.0 Å². The number of aryl methyl sites for hydroxylation is 1. The third kappa shape index (κ3) is 4.95. The molecule has 0 aliphatic carbocycles. The first-order valence-corrected chi connectivity index (χ1v) is 13.3. The van der Waals surface area contributed by atoms with E-state index in [1.165, 1.54) is 30.3 Å². The Morgan fingerprint density at radius 3 is 2.50 bits per heavy atom. The molecule has 0 saturated heterocycles. The predicted molar refractivity (Wildman–Crippen MR) is 138 cm³/mol. The Morgan fingerprint density at radius 1 is 1.15 bits per heavy atom. The van der Waals surface area contributed by atoms with Gasteiger partial charge >= 0.3 is 12.1 Å². The lowest BCUT2D eigenvalue weighted by Gasteiger charge is -2.24. The van der Waals surface area contributed by atoms with Crippen LogP contribution in [0.2, 0.25) is 0 Å². The van der Waals surface area contributed by atoms with E-state index in [1.807, 2.05) is 0 Å². The highest BCUT2D eigenvalue weighted by Crippen LogP contribution is 2.38. The Hall–Kier alpha value is -4.52. The quantitative estimate of drug-likeness (QED) is 0.294. The van der Waals surface area contributed by atoms with Gasteiger partial charge in [-0.1, -0.05) is 18.2 Å². The number of hydrogen-bond donors (Lipinski definition) is 2. The molecular formula is C27H22F3N3O6S. The number of aliphatic carboxylic acids is 1. The largest absolute Gasteiger partial charge is 0.485 e. The molecule has 13 heteroatoms. The molecule has 0 amide bonds. The summed E-state index contributed by atoms with van der Waals surface area (Å²) in [6, 6.07) is 13.5. The van der Waals surface area contributed by atoms with Crippen LogP contribution in [0, 0.1) is 6.92 Å². The van der Waals surface area contributed by atoms with E-state index in [2.05, 4.69) is 4.98 Å². The van der Waals surface area contributed by atoms with Crippen molar-refractivity contribution in [3.8, 4) is 17.2 Å². The number of sulfonamides is 1. The molecule has 0 fully saturated rings. The highest BCUT2D eigenvalue weighted by atomic mass is 32.2. The smallest absolute Gasteiger partial charge is 0.416 e. The van der Waals surface area contributed by atoms with Gasteiger partial charge in [0.25, 0.3) is 10.0 Å². The summed E-state index contributed by atoms with van der Waals surface area (Å²) in [5.74, 6) is -0.640. The van der Waals surface area contributed by atoms with E-state index < -0.39 is 33.8 Å². The van der Waals surface area contributed by atoms with E-state index in [4.69, 9.17) is 14.9 Å². The fourth-order valence-corrected chi connectivity index (χ4v) is 6.09. The number of rotatable bonds is 7. The van der Waals surface area contributed by atoms with Crippen LogP contribution in [-0.4, -0.2) is 30.5 Å². The van der Waals surface area contributed by atoms with E-state index in [0.29, 0.717) is 28.3 Å². The van der Waals surface area contributed by atoms with Crippen LogP contribution < -0.4 is 14.8 Å². The van der Waals surface area contributed by atoms with Crippen LogP contribution in [0.4, 0.5) is 24.5 Å². The minimum Gasteiger partial charge on any atom is -0.485 e. The zero-order chi connectivity index (χ0) is 28.8. The molecule has 1 atom stereocenters. The summed E-state index contributed by atoms with van der Waals surface area (Å²) in [5, 5.41) is 9.67. The number of nitrogens with zero attached hydrogens (tertiary/aromatic N) is 2. The number of aromatic nitrogens is 1. The summed E-state index contributed by atoms with van der Waals surface area (Å²) in [5.41, 5.74) is 6.89. The molecule has 3 N–H and O–H groups in total. The van der Waals surface area contributed by atoms with Crippen molar-refractivity contribution in [2.24, 2.45) is 0 Å². The van der Waals surface area contributed by atoms with E-state index >= 15 is 0 Å². The number of carboxylic acids is 1. The molecule has 1 aliphatic heterocycles. The lowest BCUT2D eigenvalue weighted by Crippen LogP contribution is -2.42. The van der Waals surface area contributed by atoms with Crippen molar-refractivity contribution < 1.29 is 40.6 Å². The lowest BCUT2D eigenvalue weighted by molar-refractivity contribution is -0.138. The Bertz CT molecular complexity index is 1700. The number of benzene rings is 3. The second-order valence-corrected chi connectivity index (χ2v) is 10.9. The standard InChI is InChI=1S/C27H22F3N3O6S/c1-15-21(32-25(39-15)16-6-8-18(9-7-16)27(28,29)30)14-38-24-11-10-19(13-20(24)31)40(36,37)33-22-5-3-2-4-17(22)12-23(33)26(34)35/h2-11,13,23H,12,14,31H2,1H3,(H,34,35). The van der Waals surface area contributed by atoms with Gasteiger partial charge in [0.2, 0.25) is 5.89 Å². The van der Waals surface area contributed by atoms with Crippen molar-refractivity contribution in [2.45, 2.75) is 37.1 Å². The van der Waals surface area contributed by atoms with Gasteiger partial charge in [0, 0.05) is 12.0 Å². The first-order chi connectivity index (χ1) is 18.9. The molecule has 0 spiro atoms. The van der Waals surface area contributed by atoms with E-state index in [1.54, 1.807) is 31.2 Å². The number of carbonyl (C=O) groups is 1. The molecule has 2 heterocycles. The van der Waals surface area contributed by atoms with Gasteiger partial charge in [-0.15, -0.1) is 0 Å². The van der Waals surface area contributed by atoms with Gasteiger partial charge in [-0.25, -0.2) is 18.2 Å². The Kier molecular flexibility index (Phi) is 6.70.